The van der Waals surface area contributed by atoms with Gasteiger partial charge >= 0.3 is 0 Å². The molecule has 0 atom stereocenters. The molecule has 1 heterocycles. The Balaban J connectivity index is 1.27. The maximum absolute atomic E-state index is 6.78. The number of hydrogen-bond donors (Lipinski definition) is 0. The number of hydrogen-bond acceptors (Lipinski definition) is 1. The standard InChI is InChI=1S/C46H26O/c1-2-10-31-26-41-40(25-30(31)9-1)38-17-8-18-39(46(38)47-41)45-34-15-5-3-13-32(34)44(33-14-4-6-16-35(33)45)37-24-22-29-20-19-27-11-7-12-28-21-23-36(37)43(29)42(27)28/h1-26H. The SMILES string of the molecule is c1ccc2cc3c(cc2c1)oc1c(-c2c4ccccc4c(-c4ccc5ccc6cccc7ccc4c5c67)c4ccccc24)cccc13. The van der Waals surface area contributed by atoms with E-state index in [2.05, 4.69) is 158 Å². The normalized spacial score (nSPS) is 12.3. The van der Waals surface area contributed by atoms with Crippen molar-refractivity contribution in [1.29, 1.82) is 0 Å². The second-order valence-corrected chi connectivity index (χ2v) is 12.8. The smallest absolute Gasteiger partial charge is 0.143 e. The highest BCUT2D eigenvalue weighted by Crippen LogP contribution is 2.49. The first-order chi connectivity index (χ1) is 23.3. The monoisotopic (exact) mass is 594 g/mol. The fourth-order valence-electron chi connectivity index (χ4n) is 8.34. The summed E-state index contributed by atoms with van der Waals surface area (Å²) >= 11 is 0. The Morgan fingerprint density at radius 3 is 1.51 bits per heavy atom. The van der Waals surface area contributed by atoms with Gasteiger partial charge < -0.3 is 4.42 Å². The van der Waals surface area contributed by atoms with E-state index < -0.39 is 0 Å². The van der Waals surface area contributed by atoms with Gasteiger partial charge in [0.2, 0.25) is 0 Å². The average Bonchev–Trinajstić information content (AvgIpc) is 3.49. The minimum absolute atomic E-state index is 0.921. The summed E-state index contributed by atoms with van der Waals surface area (Å²) in [5.41, 5.74) is 6.74. The molecule has 0 spiro atoms. The van der Waals surface area contributed by atoms with E-state index in [9.17, 15) is 0 Å². The summed E-state index contributed by atoms with van der Waals surface area (Å²) in [5.74, 6) is 0. The first-order valence-corrected chi connectivity index (χ1v) is 16.3. The van der Waals surface area contributed by atoms with Crippen molar-refractivity contribution in [3.63, 3.8) is 0 Å². The van der Waals surface area contributed by atoms with Crippen LogP contribution in [0.25, 0.3) is 109 Å². The summed E-state index contributed by atoms with van der Waals surface area (Å²) in [6, 6.07) is 57.8. The molecule has 0 aliphatic rings. The van der Waals surface area contributed by atoms with E-state index >= 15 is 0 Å². The van der Waals surface area contributed by atoms with E-state index in [0.717, 1.165) is 27.5 Å². The topological polar surface area (TPSA) is 13.1 Å². The van der Waals surface area contributed by atoms with Crippen molar-refractivity contribution in [1.82, 2.24) is 0 Å². The molecular weight excluding hydrogens is 569 g/mol. The molecule has 0 amide bonds. The van der Waals surface area contributed by atoms with Crippen LogP contribution in [0.1, 0.15) is 0 Å². The summed E-state index contributed by atoms with van der Waals surface area (Å²) in [6.45, 7) is 0. The fraction of sp³-hybridized carbons (Fsp3) is 0. The Bertz CT molecular complexity index is 3000. The van der Waals surface area contributed by atoms with E-state index in [1.807, 2.05) is 0 Å². The minimum atomic E-state index is 0.921. The molecule has 11 aromatic rings. The lowest BCUT2D eigenvalue weighted by Crippen LogP contribution is -1.92. The van der Waals surface area contributed by atoms with Gasteiger partial charge in [0.1, 0.15) is 11.2 Å². The van der Waals surface area contributed by atoms with Gasteiger partial charge in [0, 0.05) is 21.9 Å². The van der Waals surface area contributed by atoms with Crippen LogP contribution in [-0.4, -0.2) is 0 Å². The maximum atomic E-state index is 6.78. The Morgan fingerprint density at radius 2 is 0.809 bits per heavy atom. The first kappa shape index (κ1) is 25.1. The molecule has 0 fully saturated rings. The Labute approximate surface area is 270 Å². The molecule has 1 nitrogen and oxygen atoms in total. The van der Waals surface area contributed by atoms with Crippen molar-refractivity contribution in [3.8, 4) is 22.3 Å². The van der Waals surface area contributed by atoms with Gasteiger partial charge in [0.15, 0.2) is 0 Å². The molecule has 0 unspecified atom stereocenters. The number of rotatable bonds is 2. The Morgan fingerprint density at radius 1 is 0.298 bits per heavy atom. The number of furan rings is 1. The highest BCUT2D eigenvalue weighted by atomic mass is 16.3. The lowest BCUT2D eigenvalue weighted by atomic mass is 9.83. The van der Waals surface area contributed by atoms with Crippen LogP contribution >= 0.6 is 0 Å². The lowest BCUT2D eigenvalue weighted by molar-refractivity contribution is 0.670. The second-order valence-electron chi connectivity index (χ2n) is 12.8. The number of fused-ring (bicyclic) bond motifs is 6. The van der Waals surface area contributed by atoms with Gasteiger partial charge in [-0.15, -0.1) is 0 Å². The van der Waals surface area contributed by atoms with Crippen molar-refractivity contribution in [3.05, 3.63) is 158 Å². The first-order valence-electron chi connectivity index (χ1n) is 16.3. The largest absolute Gasteiger partial charge is 0.455 e. The van der Waals surface area contributed by atoms with Gasteiger partial charge in [-0.05, 0) is 87.9 Å². The third-order valence-electron chi connectivity index (χ3n) is 10.4. The summed E-state index contributed by atoms with van der Waals surface area (Å²) in [7, 11) is 0. The summed E-state index contributed by atoms with van der Waals surface area (Å²) in [6.07, 6.45) is 0. The van der Waals surface area contributed by atoms with E-state index in [4.69, 9.17) is 4.42 Å². The molecule has 216 valence electrons. The van der Waals surface area contributed by atoms with Crippen molar-refractivity contribution < 1.29 is 4.42 Å². The van der Waals surface area contributed by atoms with Crippen molar-refractivity contribution in [2.24, 2.45) is 0 Å². The fourth-order valence-corrected chi connectivity index (χ4v) is 8.34. The van der Waals surface area contributed by atoms with Crippen molar-refractivity contribution in [2.75, 3.05) is 0 Å². The van der Waals surface area contributed by atoms with Crippen LogP contribution in [0.4, 0.5) is 0 Å². The number of benzene rings is 10. The molecule has 0 aliphatic carbocycles. The molecule has 0 saturated heterocycles. The van der Waals surface area contributed by atoms with Crippen LogP contribution in [0.3, 0.4) is 0 Å². The molecule has 1 aromatic heterocycles. The summed E-state index contributed by atoms with van der Waals surface area (Å²) in [5, 5.41) is 17.5. The molecule has 0 N–H and O–H groups in total. The zero-order chi connectivity index (χ0) is 30.6. The molecule has 47 heavy (non-hydrogen) atoms. The van der Waals surface area contributed by atoms with Crippen LogP contribution in [0.5, 0.6) is 0 Å². The molecule has 0 aliphatic heterocycles. The van der Waals surface area contributed by atoms with Crippen LogP contribution in [-0.2, 0) is 0 Å². The summed E-state index contributed by atoms with van der Waals surface area (Å²) in [4.78, 5) is 0. The van der Waals surface area contributed by atoms with Crippen LogP contribution in [0.2, 0.25) is 0 Å². The lowest BCUT2D eigenvalue weighted by Gasteiger charge is -2.20. The third-order valence-corrected chi connectivity index (χ3v) is 10.4. The highest BCUT2D eigenvalue weighted by molar-refractivity contribution is 6.30. The molecular formula is C46H26O. The van der Waals surface area contributed by atoms with E-state index in [-0.39, 0.29) is 0 Å². The van der Waals surface area contributed by atoms with E-state index in [0.29, 0.717) is 0 Å². The van der Waals surface area contributed by atoms with Gasteiger partial charge in [-0.25, -0.2) is 0 Å². The van der Waals surface area contributed by atoms with Crippen LogP contribution < -0.4 is 0 Å². The van der Waals surface area contributed by atoms with Crippen molar-refractivity contribution in [2.45, 2.75) is 0 Å². The molecule has 0 bridgehead atoms. The number of para-hydroxylation sites is 1. The van der Waals surface area contributed by atoms with Gasteiger partial charge in [-0.1, -0.05) is 146 Å². The second kappa shape index (κ2) is 9.19. The minimum Gasteiger partial charge on any atom is -0.455 e. The Kier molecular flexibility index (Phi) is 4.90. The predicted octanol–water partition coefficient (Wildman–Crippen LogP) is 13.3. The van der Waals surface area contributed by atoms with Crippen LogP contribution in [0.15, 0.2) is 162 Å². The van der Waals surface area contributed by atoms with Crippen LogP contribution in [0, 0.1) is 0 Å². The molecule has 1 heteroatoms. The maximum Gasteiger partial charge on any atom is 0.143 e. The predicted molar refractivity (Wildman–Crippen MR) is 201 cm³/mol. The van der Waals surface area contributed by atoms with E-state index in [1.54, 1.807) is 0 Å². The molecule has 10 aromatic carbocycles. The summed E-state index contributed by atoms with van der Waals surface area (Å²) < 4.78 is 6.78. The molecule has 0 radical (unpaired) electrons. The van der Waals surface area contributed by atoms with E-state index in [1.165, 1.54) is 81.3 Å². The molecule has 11 rings (SSSR count). The average molecular weight is 595 g/mol. The highest BCUT2D eigenvalue weighted by Gasteiger charge is 2.22. The third kappa shape index (κ3) is 3.38. The van der Waals surface area contributed by atoms with Gasteiger partial charge in [0.25, 0.3) is 0 Å². The zero-order valence-electron chi connectivity index (χ0n) is 25.4. The Hall–Kier alpha value is -6.18. The van der Waals surface area contributed by atoms with Crippen molar-refractivity contribution >= 4 is 86.6 Å². The van der Waals surface area contributed by atoms with Gasteiger partial charge in [-0.3, -0.25) is 0 Å². The quantitative estimate of drug-likeness (QED) is 0.143. The van der Waals surface area contributed by atoms with Gasteiger partial charge in [-0.2, -0.15) is 0 Å². The molecule has 0 saturated carbocycles. The zero-order valence-corrected chi connectivity index (χ0v) is 25.4. The van der Waals surface area contributed by atoms with Gasteiger partial charge in [0.05, 0.1) is 0 Å².